The molecule has 0 unspecified atom stereocenters. The van der Waals surface area contributed by atoms with Crippen LogP contribution in [0.5, 0.6) is 0 Å². The molecule has 1 atom stereocenters. The fourth-order valence-corrected chi connectivity index (χ4v) is 2.42. The lowest BCUT2D eigenvalue weighted by Gasteiger charge is -2.11. The van der Waals surface area contributed by atoms with E-state index in [0.717, 1.165) is 19.3 Å². The average Bonchev–Trinajstić information content (AvgIpc) is 2.64. The van der Waals surface area contributed by atoms with Gasteiger partial charge in [-0.15, -0.1) is 0 Å². The molecule has 7 heteroatoms. The van der Waals surface area contributed by atoms with Gasteiger partial charge in [-0.05, 0) is 49.8 Å². The Bertz CT molecular complexity index is 587. The van der Waals surface area contributed by atoms with Gasteiger partial charge < -0.3 is 21.5 Å². The topological polar surface area (TPSA) is 122 Å². The second-order valence-corrected chi connectivity index (χ2v) is 6.27. The van der Waals surface area contributed by atoms with Crippen LogP contribution in [0.4, 0.5) is 0 Å². The first-order chi connectivity index (χ1) is 12.4. The maximum absolute atomic E-state index is 12.1. The summed E-state index contributed by atoms with van der Waals surface area (Å²) in [5.41, 5.74) is 7.56. The number of nitrogens with two attached hydrogens (primary N) is 1. The molecule has 2 amide bonds. The first-order valence-corrected chi connectivity index (χ1v) is 9.06. The molecule has 0 aliphatic carbocycles. The molecule has 1 aromatic carbocycles. The highest BCUT2D eigenvalue weighted by molar-refractivity contribution is 5.94. The molecule has 144 valence electrons. The van der Waals surface area contributed by atoms with Crippen LogP contribution >= 0.6 is 0 Å². The molecule has 0 saturated heterocycles. The van der Waals surface area contributed by atoms with Gasteiger partial charge in [0.05, 0.1) is 6.04 Å². The van der Waals surface area contributed by atoms with Gasteiger partial charge in [0.2, 0.25) is 5.91 Å². The lowest BCUT2D eigenvalue weighted by molar-refractivity contribution is -0.138. The maximum Gasteiger partial charge on any atom is 0.322 e. The van der Waals surface area contributed by atoms with Crippen LogP contribution in [0.1, 0.15) is 54.9 Å². The molecule has 0 fully saturated rings. The minimum absolute atomic E-state index is 0.115. The van der Waals surface area contributed by atoms with E-state index in [9.17, 15) is 14.4 Å². The van der Waals surface area contributed by atoms with Crippen molar-refractivity contribution in [3.8, 4) is 0 Å². The molecule has 1 aromatic rings. The highest BCUT2D eigenvalue weighted by Gasteiger charge is 2.13. The van der Waals surface area contributed by atoms with E-state index in [1.54, 1.807) is 0 Å². The number of amides is 2. The predicted octanol–water partition coefficient (Wildman–Crippen LogP) is 1.46. The summed E-state index contributed by atoms with van der Waals surface area (Å²) in [6.07, 6.45) is 5.11. The third-order valence-electron chi connectivity index (χ3n) is 4.01. The summed E-state index contributed by atoms with van der Waals surface area (Å²) in [6.45, 7) is 2.22. The minimum Gasteiger partial charge on any atom is -0.480 e. The average molecular weight is 363 g/mol. The first-order valence-electron chi connectivity index (χ1n) is 9.06. The van der Waals surface area contributed by atoms with Crippen LogP contribution < -0.4 is 16.4 Å². The van der Waals surface area contributed by atoms with Gasteiger partial charge >= 0.3 is 5.97 Å². The molecule has 1 rings (SSSR count). The molecule has 5 N–H and O–H groups in total. The number of nitrogens with one attached hydrogen (secondary N) is 2. The van der Waals surface area contributed by atoms with Gasteiger partial charge in [-0.3, -0.25) is 14.4 Å². The molecule has 0 heterocycles. The SMILES string of the molecule is CCCCc1ccc(C(=O)NCCCC[C@@H](N)C(=O)NCC(=O)O)cc1. The summed E-state index contributed by atoms with van der Waals surface area (Å²) in [6, 6.07) is 6.91. The van der Waals surface area contributed by atoms with Gasteiger partial charge in [0.25, 0.3) is 5.91 Å². The van der Waals surface area contributed by atoms with E-state index in [1.165, 1.54) is 5.56 Å². The zero-order valence-electron chi connectivity index (χ0n) is 15.3. The second kappa shape index (κ2) is 12.0. The number of carboxylic acid groups (broad SMARTS) is 1. The smallest absolute Gasteiger partial charge is 0.322 e. The van der Waals surface area contributed by atoms with Gasteiger partial charge in [-0.25, -0.2) is 0 Å². The lowest BCUT2D eigenvalue weighted by Crippen LogP contribution is -2.42. The van der Waals surface area contributed by atoms with Crippen molar-refractivity contribution in [2.24, 2.45) is 5.73 Å². The Morgan fingerprint density at radius 1 is 1.08 bits per heavy atom. The number of hydrogen-bond donors (Lipinski definition) is 4. The number of aliphatic carboxylic acids is 1. The molecule has 7 nitrogen and oxygen atoms in total. The molecule has 0 aliphatic heterocycles. The Labute approximate surface area is 154 Å². The van der Waals surface area contributed by atoms with E-state index >= 15 is 0 Å². The third-order valence-corrected chi connectivity index (χ3v) is 4.01. The van der Waals surface area contributed by atoms with Crippen LogP contribution in [0.15, 0.2) is 24.3 Å². The Morgan fingerprint density at radius 3 is 2.38 bits per heavy atom. The van der Waals surface area contributed by atoms with Gasteiger partial charge in [0.1, 0.15) is 6.54 Å². The summed E-state index contributed by atoms with van der Waals surface area (Å²) in [7, 11) is 0. The monoisotopic (exact) mass is 363 g/mol. The zero-order chi connectivity index (χ0) is 19.4. The molecule has 26 heavy (non-hydrogen) atoms. The van der Waals surface area contributed by atoms with Crippen LogP contribution in [0.3, 0.4) is 0 Å². The molecule has 0 aliphatic rings. The van der Waals surface area contributed by atoms with E-state index in [2.05, 4.69) is 17.6 Å². The number of carbonyl (C=O) groups excluding carboxylic acids is 2. The maximum atomic E-state index is 12.1. The second-order valence-electron chi connectivity index (χ2n) is 6.27. The number of rotatable bonds is 12. The Balaban J connectivity index is 2.21. The number of hydrogen-bond acceptors (Lipinski definition) is 4. The molecule has 0 saturated carbocycles. The summed E-state index contributed by atoms with van der Waals surface area (Å²) in [5, 5.41) is 13.6. The lowest BCUT2D eigenvalue weighted by atomic mass is 10.1. The molecule has 0 radical (unpaired) electrons. The van der Waals surface area contributed by atoms with Crippen molar-refractivity contribution in [3.05, 3.63) is 35.4 Å². The van der Waals surface area contributed by atoms with Crippen LogP contribution in [0.25, 0.3) is 0 Å². The van der Waals surface area contributed by atoms with Gasteiger partial charge in [0, 0.05) is 12.1 Å². The Hall–Kier alpha value is -2.41. The van der Waals surface area contributed by atoms with Gasteiger partial charge in [-0.1, -0.05) is 25.5 Å². The fourth-order valence-electron chi connectivity index (χ4n) is 2.42. The summed E-state index contributed by atoms with van der Waals surface area (Å²) < 4.78 is 0. The van der Waals surface area contributed by atoms with Crippen LogP contribution in [0.2, 0.25) is 0 Å². The van der Waals surface area contributed by atoms with E-state index in [0.29, 0.717) is 31.4 Å². The van der Waals surface area contributed by atoms with Crippen molar-refractivity contribution in [2.75, 3.05) is 13.1 Å². The van der Waals surface area contributed by atoms with E-state index in [-0.39, 0.29) is 5.91 Å². The fraction of sp³-hybridized carbons (Fsp3) is 0.526. The van der Waals surface area contributed by atoms with Crippen molar-refractivity contribution in [1.29, 1.82) is 0 Å². The van der Waals surface area contributed by atoms with E-state index in [1.807, 2.05) is 24.3 Å². The molecule has 0 spiro atoms. The van der Waals surface area contributed by atoms with Crippen molar-refractivity contribution >= 4 is 17.8 Å². The molecular weight excluding hydrogens is 334 g/mol. The molecule has 0 aromatic heterocycles. The standard InChI is InChI=1S/C19H29N3O4/c1-2-3-6-14-8-10-15(11-9-14)18(25)21-12-5-4-7-16(20)19(26)22-13-17(23)24/h8-11,16H,2-7,12-13,20H2,1H3,(H,21,25)(H,22,26)(H,23,24)/t16-/m1/s1. The van der Waals surface area contributed by atoms with Crippen molar-refractivity contribution in [3.63, 3.8) is 0 Å². The third kappa shape index (κ3) is 8.62. The van der Waals surface area contributed by atoms with Crippen molar-refractivity contribution in [1.82, 2.24) is 10.6 Å². The predicted molar refractivity (Wildman–Crippen MR) is 99.9 cm³/mol. The van der Waals surface area contributed by atoms with Crippen molar-refractivity contribution < 1.29 is 19.5 Å². The summed E-state index contributed by atoms with van der Waals surface area (Å²) >= 11 is 0. The van der Waals surface area contributed by atoms with Crippen LogP contribution in [-0.2, 0) is 16.0 Å². The number of unbranched alkanes of at least 4 members (excludes halogenated alkanes) is 2. The highest BCUT2D eigenvalue weighted by atomic mass is 16.4. The number of carbonyl (C=O) groups is 3. The first kappa shape index (κ1) is 21.6. The Kier molecular flexibility index (Phi) is 10.0. The zero-order valence-corrected chi connectivity index (χ0v) is 15.3. The summed E-state index contributed by atoms with van der Waals surface area (Å²) in [4.78, 5) is 34.0. The van der Waals surface area contributed by atoms with E-state index < -0.39 is 24.5 Å². The molecule has 0 bridgehead atoms. The Morgan fingerprint density at radius 2 is 1.77 bits per heavy atom. The quantitative estimate of drug-likeness (QED) is 0.419. The van der Waals surface area contributed by atoms with Crippen LogP contribution in [0, 0.1) is 0 Å². The van der Waals surface area contributed by atoms with E-state index in [4.69, 9.17) is 10.8 Å². The van der Waals surface area contributed by atoms with Crippen LogP contribution in [-0.4, -0.2) is 42.0 Å². The normalized spacial score (nSPS) is 11.6. The minimum atomic E-state index is -1.10. The molecular formula is C19H29N3O4. The number of aryl methyl sites for hydroxylation is 1. The van der Waals surface area contributed by atoms with Gasteiger partial charge in [-0.2, -0.15) is 0 Å². The number of benzene rings is 1. The van der Waals surface area contributed by atoms with Gasteiger partial charge in [0.15, 0.2) is 0 Å². The largest absolute Gasteiger partial charge is 0.480 e. The number of carboxylic acids is 1. The van der Waals surface area contributed by atoms with Crippen molar-refractivity contribution in [2.45, 2.75) is 51.5 Å². The summed E-state index contributed by atoms with van der Waals surface area (Å²) in [5.74, 6) is -1.69. The highest BCUT2D eigenvalue weighted by Crippen LogP contribution is 2.08.